The van der Waals surface area contributed by atoms with Crippen LogP contribution in [0.4, 0.5) is 22.1 Å². The number of anilines is 3. The number of nitrogens with one attached hydrogen (secondary N) is 1. The minimum atomic E-state index is -0.911. The van der Waals surface area contributed by atoms with Crippen LogP contribution in [0.15, 0.2) is 24.3 Å². The number of ether oxygens (including phenoxy) is 1. The fraction of sp³-hybridized carbons (Fsp3) is 0.542. The Morgan fingerprint density at radius 1 is 1.12 bits per heavy atom. The molecule has 8 heteroatoms. The van der Waals surface area contributed by atoms with Crippen LogP contribution in [0.3, 0.4) is 0 Å². The molecule has 1 amide bonds. The zero-order valence-electron chi connectivity index (χ0n) is 19.4. The molecule has 0 aliphatic carbocycles. The summed E-state index contributed by atoms with van der Waals surface area (Å²) in [5, 5.41) is 12.7. The smallest absolute Gasteiger partial charge is 0.407 e. The Balaban J connectivity index is 1.54. The maximum absolute atomic E-state index is 11.5. The summed E-state index contributed by atoms with van der Waals surface area (Å²) in [6.45, 7) is 9.15. The van der Waals surface area contributed by atoms with Crippen molar-refractivity contribution in [1.29, 1.82) is 0 Å². The first-order chi connectivity index (χ1) is 15.2. The number of amides is 1. The standard InChI is InChI=1S/C24H33N5O3/c1-24(2,3)21-19-11-14-29(23(30)31)15-20(19)26-22(27-21)25-16-5-7-17(8-6-16)28-12-9-18(32-4)10-13-28/h5-8,18H,9-15H2,1-4H3,(H,30,31)(H,25,26,27). The molecule has 0 unspecified atom stereocenters. The number of aromatic nitrogens is 2. The van der Waals surface area contributed by atoms with E-state index in [0.717, 1.165) is 48.6 Å². The van der Waals surface area contributed by atoms with Crippen LogP contribution in [0.5, 0.6) is 0 Å². The molecule has 0 atom stereocenters. The Hall–Kier alpha value is -2.87. The van der Waals surface area contributed by atoms with Crippen molar-refractivity contribution in [2.75, 3.05) is 37.0 Å². The first kappa shape index (κ1) is 22.3. The van der Waals surface area contributed by atoms with E-state index in [1.807, 2.05) is 12.1 Å². The largest absolute Gasteiger partial charge is 0.465 e. The van der Waals surface area contributed by atoms with Crippen molar-refractivity contribution >= 4 is 23.4 Å². The minimum absolute atomic E-state index is 0.160. The molecular weight excluding hydrogens is 406 g/mol. The summed E-state index contributed by atoms with van der Waals surface area (Å²) < 4.78 is 5.47. The summed E-state index contributed by atoms with van der Waals surface area (Å²) >= 11 is 0. The van der Waals surface area contributed by atoms with Gasteiger partial charge in [0, 0.05) is 43.5 Å². The Morgan fingerprint density at radius 2 is 1.81 bits per heavy atom. The van der Waals surface area contributed by atoms with Gasteiger partial charge in [-0.15, -0.1) is 0 Å². The fourth-order valence-electron chi connectivity index (χ4n) is 4.50. The van der Waals surface area contributed by atoms with E-state index in [-0.39, 0.29) is 5.41 Å². The molecule has 2 aromatic rings. The van der Waals surface area contributed by atoms with Crippen molar-refractivity contribution < 1.29 is 14.6 Å². The minimum Gasteiger partial charge on any atom is -0.465 e. The molecule has 1 fully saturated rings. The molecule has 8 nitrogen and oxygen atoms in total. The lowest BCUT2D eigenvalue weighted by Gasteiger charge is -2.33. The van der Waals surface area contributed by atoms with Crippen LogP contribution in [-0.2, 0) is 23.1 Å². The van der Waals surface area contributed by atoms with Gasteiger partial charge >= 0.3 is 6.09 Å². The van der Waals surface area contributed by atoms with E-state index in [4.69, 9.17) is 14.7 Å². The van der Waals surface area contributed by atoms with Crippen molar-refractivity contribution in [2.24, 2.45) is 0 Å². The second-order valence-electron chi connectivity index (χ2n) is 9.62. The lowest BCUT2D eigenvalue weighted by atomic mass is 9.86. The predicted octanol–water partition coefficient (Wildman–Crippen LogP) is 4.17. The normalized spacial score (nSPS) is 17.2. The molecule has 1 aromatic heterocycles. The molecule has 0 radical (unpaired) electrons. The van der Waals surface area contributed by atoms with E-state index in [9.17, 15) is 9.90 Å². The van der Waals surface area contributed by atoms with E-state index < -0.39 is 6.09 Å². The maximum Gasteiger partial charge on any atom is 0.407 e. The highest BCUT2D eigenvalue weighted by molar-refractivity contribution is 5.66. The number of rotatable bonds is 4. The lowest BCUT2D eigenvalue weighted by molar-refractivity contribution is 0.0819. The third kappa shape index (κ3) is 4.80. The summed E-state index contributed by atoms with van der Waals surface area (Å²) in [5.74, 6) is 0.509. The Kier molecular flexibility index (Phi) is 6.24. The molecule has 1 saturated heterocycles. The molecule has 2 aliphatic heterocycles. The van der Waals surface area contributed by atoms with Crippen LogP contribution in [0.25, 0.3) is 0 Å². The van der Waals surface area contributed by atoms with E-state index in [2.05, 4.69) is 43.1 Å². The van der Waals surface area contributed by atoms with E-state index in [1.165, 1.54) is 10.6 Å². The van der Waals surface area contributed by atoms with E-state index in [0.29, 0.717) is 31.6 Å². The third-order valence-corrected chi connectivity index (χ3v) is 6.31. The summed E-state index contributed by atoms with van der Waals surface area (Å²) in [6.07, 6.45) is 2.18. The molecule has 172 valence electrons. The number of carbonyl (C=O) groups is 1. The average molecular weight is 440 g/mol. The van der Waals surface area contributed by atoms with Crippen LogP contribution in [-0.4, -0.2) is 58.9 Å². The average Bonchev–Trinajstić information content (AvgIpc) is 2.78. The van der Waals surface area contributed by atoms with Gasteiger partial charge in [0.1, 0.15) is 0 Å². The number of carboxylic acid groups (broad SMARTS) is 1. The van der Waals surface area contributed by atoms with Gasteiger partial charge in [-0.2, -0.15) is 0 Å². The highest BCUT2D eigenvalue weighted by atomic mass is 16.5. The number of piperidine rings is 1. The first-order valence-corrected chi connectivity index (χ1v) is 11.3. The van der Waals surface area contributed by atoms with Crippen LogP contribution in [0.2, 0.25) is 0 Å². The van der Waals surface area contributed by atoms with Crippen molar-refractivity contribution in [3.63, 3.8) is 0 Å². The van der Waals surface area contributed by atoms with Crippen molar-refractivity contribution in [2.45, 2.75) is 58.1 Å². The Bertz CT molecular complexity index is 963. The summed E-state index contributed by atoms with van der Waals surface area (Å²) in [7, 11) is 1.79. The second kappa shape index (κ2) is 8.94. The highest BCUT2D eigenvalue weighted by Crippen LogP contribution is 2.31. The van der Waals surface area contributed by atoms with Crippen LogP contribution in [0, 0.1) is 0 Å². The predicted molar refractivity (Wildman–Crippen MR) is 125 cm³/mol. The highest BCUT2D eigenvalue weighted by Gasteiger charge is 2.29. The van der Waals surface area contributed by atoms with Gasteiger partial charge in [-0.25, -0.2) is 14.8 Å². The van der Waals surface area contributed by atoms with Crippen LogP contribution in [0.1, 0.15) is 50.6 Å². The van der Waals surface area contributed by atoms with Crippen molar-refractivity contribution in [1.82, 2.24) is 14.9 Å². The molecule has 0 bridgehead atoms. The topological polar surface area (TPSA) is 90.8 Å². The SMILES string of the molecule is COC1CCN(c2ccc(Nc3nc4c(c(C(C)(C)C)n3)CCN(C(=O)O)C4)cc2)CC1. The van der Waals surface area contributed by atoms with Gasteiger partial charge in [0.05, 0.1) is 24.0 Å². The summed E-state index contributed by atoms with van der Waals surface area (Å²) in [6, 6.07) is 8.32. The number of hydrogen-bond donors (Lipinski definition) is 2. The van der Waals surface area contributed by atoms with Gasteiger partial charge in [-0.1, -0.05) is 20.8 Å². The van der Waals surface area contributed by atoms with Gasteiger partial charge in [-0.3, -0.25) is 0 Å². The van der Waals surface area contributed by atoms with Crippen molar-refractivity contribution in [3.05, 3.63) is 41.2 Å². The molecule has 1 aromatic carbocycles. The van der Waals surface area contributed by atoms with Gasteiger partial charge in [0.25, 0.3) is 0 Å². The molecule has 4 rings (SSSR count). The molecule has 0 spiro atoms. The monoisotopic (exact) mass is 439 g/mol. The number of fused-ring (bicyclic) bond motifs is 1. The Morgan fingerprint density at radius 3 is 2.41 bits per heavy atom. The van der Waals surface area contributed by atoms with Crippen LogP contribution < -0.4 is 10.2 Å². The van der Waals surface area contributed by atoms with Gasteiger partial charge in [0.15, 0.2) is 0 Å². The van der Waals surface area contributed by atoms with E-state index >= 15 is 0 Å². The molecule has 3 heterocycles. The zero-order valence-corrected chi connectivity index (χ0v) is 19.4. The third-order valence-electron chi connectivity index (χ3n) is 6.31. The molecule has 32 heavy (non-hydrogen) atoms. The van der Waals surface area contributed by atoms with Crippen LogP contribution >= 0.6 is 0 Å². The van der Waals surface area contributed by atoms with Gasteiger partial charge in [-0.05, 0) is 49.1 Å². The van der Waals surface area contributed by atoms with Crippen molar-refractivity contribution in [3.8, 4) is 0 Å². The fourth-order valence-corrected chi connectivity index (χ4v) is 4.50. The van der Waals surface area contributed by atoms with Gasteiger partial charge < -0.3 is 25.0 Å². The maximum atomic E-state index is 11.5. The summed E-state index contributed by atoms with van der Waals surface area (Å²) in [5.41, 5.74) is 4.80. The second-order valence-corrected chi connectivity index (χ2v) is 9.62. The number of methoxy groups -OCH3 is 1. The zero-order chi connectivity index (χ0) is 22.9. The molecule has 2 aliphatic rings. The molecular formula is C24H33N5O3. The quantitative estimate of drug-likeness (QED) is 0.739. The first-order valence-electron chi connectivity index (χ1n) is 11.3. The molecule has 0 saturated carbocycles. The number of benzene rings is 1. The summed E-state index contributed by atoms with van der Waals surface area (Å²) in [4.78, 5) is 24.8. The number of nitrogens with zero attached hydrogens (tertiary/aromatic N) is 4. The lowest BCUT2D eigenvalue weighted by Crippen LogP contribution is -2.37. The molecule has 2 N–H and O–H groups in total. The van der Waals surface area contributed by atoms with E-state index in [1.54, 1.807) is 7.11 Å². The van der Waals surface area contributed by atoms with Gasteiger partial charge in [0.2, 0.25) is 5.95 Å². The number of hydrogen-bond acceptors (Lipinski definition) is 6. The Labute approximate surface area is 189 Å².